The molecular weight excluding hydrogens is 314 g/mol. The molecule has 0 bridgehead atoms. The molecule has 1 fully saturated rings. The molecule has 1 atom stereocenters. The van der Waals surface area contributed by atoms with Crippen LogP contribution in [0, 0.1) is 0 Å². The minimum atomic E-state index is 0.512. The lowest BCUT2D eigenvalue weighted by atomic mass is 10.2. The zero-order valence-electron chi connectivity index (χ0n) is 15.0. The number of aromatic nitrogens is 1. The molecule has 1 aliphatic heterocycles. The first-order valence-corrected chi connectivity index (χ1v) is 8.94. The summed E-state index contributed by atoms with van der Waals surface area (Å²) >= 11 is 0. The molecule has 6 nitrogen and oxygen atoms in total. The highest BCUT2D eigenvalue weighted by atomic mass is 16.3. The summed E-state index contributed by atoms with van der Waals surface area (Å²) in [6.07, 6.45) is 4.32. The van der Waals surface area contributed by atoms with Gasteiger partial charge in [-0.3, -0.25) is 9.89 Å². The Bertz CT molecular complexity index is 676. The predicted molar refractivity (Wildman–Crippen MR) is 100 cm³/mol. The van der Waals surface area contributed by atoms with Crippen molar-refractivity contribution in [1.29, 1.82) is 0 Å². The van der Waals surface area contributed by atoms with Crippen molar-refractivity contribution in [3.63, 3.8) is 0 Å². The molecule has 2 N–H and O–H groups in total. The Morgan fingerprint density at radius 2 is 2.00 bits per heavy atom. The molecule has 0 amide bonds. The number of oxazole rings is 1. The van der Waals surface area contributed by atoms with E-state index in [0.717, 1.165) is 23.8 Å². The van der Waals surface area contributed by atoms with Gasteiger partial charge in [0.15, 0.2) is 5.96 Å². The minimum absolute atomic E-state index is 0.512. The van der Waals surface area contributed by atoms with Gasteiger partial charge in [0.1, 0.15) is 6.26 Å². The van der Waals surface area contributed by atoms with Crippen molar-refractivity contribution in [2.75, 3.05) is 26.7 Å². The van der Waals surface area contributed by atoms with Crippen molar-refractivity contribution in [3.05, 3.63) is 42.3 Å². The number of aliphatic imine (C=N–C) groups is 1. The first kappa shape index (κ1) is 17.5. The number of nitrogens with zero attached hydrogens (tertiary/aromatic N) is 3. The smallest absolute Gasteiger partial charge is 0.226 e. The molecule has 1 aliphatic rings. The highest BCUT2D eigenvalue weighted by Crippen LogP contribution is 2.17. The van der Waals surface area contributed by atoms with Crippen molar-refractivity contribution < 1.29 is 4.42 Å². The lowest BCUT2D eigenvalue weighted by Crippen LogP contribution is -2.45. The number of likely N-dealkylation sites (tertiary alicyclic amines) is 1. The Balaban J connectivity index is 1.47. The van der Waals surface area contributed by atoms with Gasteiger partial charge >= 0.3 is 0 Å². The van der Waals surface area contributed by atoms with Gasteiger partial charge in [0.05, 0.1) is 12.2 Å². The minimum Gasteiger partial charge on any atom is -0.444 e. The zero-order chi connectivity index (χ0) is 17.5. The van der Waals surface area contributed by atoms with E-state index in [1.54, 1.807) is 13.3 Å². The normalized spacial score (nSPS) is 16.8. The monoisotopic (exact) mass is 341 g/mol. The molecule has 1 aromatic carbocycles. The van der Waals surface area contributed by atoms with Gasteiger partial charge in [-0.2, -0.15) is 0 Å². The van der Waals surface area contributed by atoms with Crippen LogP contribution in [0.25, 0.3) is 11.5 Å². The van der Waals surface area contributed by atoms with Gasteiger partial charge in [0.25, 0.3) is 0 Å². The Labute approximate surface area is 149 Å². The van der Waals surface area contributed by atoms with Gasteiger partial charge in [-0.15, -0.1) is 0 Å². The molecule has 0 saturated carbocycles. The molecule has 0 spiro atoms. The third kappa shape index (κ3) is 4.82. The van der Waals surface area contributed by atoms with E-state index in [1.165, 1.54) is 25.9 Å². The van der Waals surface area contributed by atoms with Crippen LogP contribution in [0.5, 0.6) is 0 Å². The Morgan fingerprint density at radius 3 is 2.72 bits per heavy atom. The van der Waals surface area contributed by atoms with E-state index in [9.17, 15) is 0 Å². The summed E-state index contributed by atoms with van der Waals surface area (Å²) in [6.45, 7) is 6.13. The summed E-state index contributed by atoms with van der Waals surface area (Å²) < 4.78 is 5.56. The van der Waals surface area contributed by atoms with Crippen LogP contribution in [-0.2, 0) is 6.54 Å². The molecule has 1 saturated heterocycles. The van der Waals surface area contributed by atoms with Crippen molar-refractivity contribution in [3.8, 4) is 11.5 Å². The van der Waals surface area contributed by atoms with E-state index in [0.29, 0.717) is 18.5 Å². The average molecular weight is 341 g/mol. The molecule has 25 heavy (non-hydrogen) atoms. The summed E-state index contributed by atoms with van der Waals surface area (Å²) in [5.41, 5.74) is 1.84. The van der Waals surface area contributed by atoms with Crippen LogP contribution in [-0.4, -0.2) is 48.6 Å². The van der Waals surface area contributed by atoms with Crippen molar-refractivity contribution in [1.82, 2.24) is 20.5 Å². The average Bonchev–Trinajstić information content (AvgIpc) is 3.34. The van der Waals surface area contributed by atoms with E-state index in [1.807, 2.05) is 30.3 Å². The van der Waals surface area contributed by atoms with Crippen molar-refractivity contribution in [2.45, 2.75) is 32.4 Å². The molecule has 134 valence electrons. The number of hydrogen-bond acceptors (Lipinski definition) is 4. The summed E-state index contributed by atoms with van der Waals surface area (Å²) in [6, 6.07) is 10.4. The quantitative estimate of drug-likeness (QED) is 0.624. The van der Waals surface area contributed by atoms with Crippen molar-refractivity contribution in [2.24, 2.45) is 4.99 Å². The topological polar surface area (TPSA) is 65.7 Å². The fourth-order valence-corrected chi connectivity index (χ4v) is 3.05. The van der Waals surface area contributed by atoms with Crippen LogP contribution in [0.1, 0.15) is 25.5 Å². The maximum Gasteiger partial charge on any atom is 0.226 e. The Morgan fingerprint density at radius 1 is 1.24 bits per heavy atom. The van der Waals surface area contributed by atoms with E-state index in [2.05, 4.69) is 32.4 Å². The van der Waals surface area contributed by atoms with Crippen molar-refractivity contribution >= 4 is 5.96 Å². The molecule has 3 rings (SSSR count). The third-order valence-electron chi connectivity index (χ3n) is 4.56. The van der Waals surface area contributed by atoms with E-state index in [4.69, 9.17) is 4.42 Å². The lowest BCUT2D eigenvalue weighted by Gasteiger charge is -2.24. The summed E-state index contributed by atoms with van der Waals surface area (Å²) in [5, 5.41) is 6.69. The number of guanidine groups is 1. The van der Waals surface area contributed by atoms with Crippen LogP contribution < -0.4 is 10.6 Å². The second kappa shape index (κ2) is 8.67. The first-order valence-electron chi connectivity index (χ1n) is 8.94. The molecule has 2 heterocycles. The standard InChI is InChI=1S/C19H27N5O/c1-15(24-10-6-7-11-24)12-21-19(20-2)22-13-17-14-25-18(23-17)16-8-4-3-5-9-16/h3-5,8-9,14-15H,6-7,10-13H2,1-2H3,(H2,20,21,22). The highest BCUT2D eigenvalue weighted by Gasteiger charge is 2.18. The highest BCUT2D eigenvalue weighted by molar-refractivity contribution is 5.79. The van der Waals surface area contributed by atoms with Gasteiger partial charge in [0.2, 0.25) is 5.89 Å². The van der Waals surface area contributed by atoms with Crippen LogP contribution in [0.3, 0.4) is 0 Å². The molecular formula is C19H27N5O. The molecule has 0 aliphatic carbocycles. The van der Waals surface area contributed by atoms with Gasteiger partial charge in [-0.25, -0.2) is 4.98 Å². The zero-order valence-corrected chi connectivity index (χ0v) is 15.0. The SMILES string of the molecule is CN=C(NCc1coc(-c2ccccc2)n1)NCC(C)N1CCCC1. The summed E-state index contributed by atoms with van der Waals surface area (Å²) in [7, 11) is 1.79. The predicted octanol–water partition coefficient (Wildman–Crippen LogP) is 2.49. The van der Waals surface area contributed by atoms with E-state index < -0.39 is 0 Å². The van der Waals surface area contributed by atoms with Gasteiger partial charge < -0.3 is 15.1 Å². The lowest BCUT2D eigenvalue weighted by molar-refractivity contribution is 0.259. The fourth-order valence-electron chi connectivity index (χ4n) is 3.05. The molecule has 2 aromatic rings. The van der Waals surface area contributed by atoms with Gasteiger partial charge in [0, 0.05) is 25.2 Å². The van der Waals surface area contributed by atoms with Crippen LogP contribution in [0.4, 0.5) is 0 Å². The van der Waals surface area contributed by atoms with Crippen LogP contribution >= 0.6 is 0 Å². The number of rotatable bonds is 6. The van der Waals surface area contributed by atoms with Gasteiger partial charge in [-0.1, -0.05) is 18.2 Å². The molecule has 1 unspecified atom stereocenters. The summed E-state index contributed by atoms with van der Waals surface area (Å²) in [5.74, 6) is 1.43. The largest absolute Gasteiger partial charge is 0.444 e. The van der Waals surface area contributed by atoms with Crippen LogP contribution in [0.15, 0.2) is 46.0 Å². The molecule has 0 radical (unpaired) electrons. The Kier molecular flexibility index (Phi) is 6.06. The van der Waals surface area contributed by atoms with Crippen LogP contribution in [0.2, 0.25) is 0 Å². The summed E-state index contributed by atoms with van der Waals surface area (Å²) in [4.78, 5) is 11.3. The second-order valence-electron chi connectivity index (χ2n) is 6.41. The number of nitrogens with one attached hydrogen (secondary N) is 2. The van der Waals surface area contributed by atoms with E-state index >= 15 is 0 Å². The fraction of sp³-hybridized carbons (Fsp3) is 0.474. The maximum absolute atomic E-state index is 5.56. The number of benzene rings is 1. The maximum atomic E-state index is 5.56. The number of hydrogen-bond donors (Lipinski definition) is 2. The third-order valence-corrected chi connectivity index (χ3v) is 4.56. The molecule has 6 heteroatoms. The van der Waals surface area contributed by atoms with Gasteiger partial charge in [-0.05, 0) is 45.0 Å². The first-order chi connectivity index (χ1) is 12.3. The Hall–Kier alpha value is -2.34. The molecule has 1 aromatic heterocycles. The van der Waals surface area contributed by atoms with E-state index in [-0.39, 0.29) is 0 Å². The second-order valence-corrected chi connectivity index (χ2v) is 6.41.